The number of hydrogen-bond donors (Lipinski definition) is 0. The van der Waals surface area contributed by atoms with E-state index in [1.54, 1.807) is 24.3 Å². The average Bonchev–Trinajstić information content (AvgIpc) is 2.61. The highest BCUT2D eigenvalue weighted by Gasteiger charge is 2.08. The van der Waals surface area contributed by atoms with Gasteiger partial charge in [0, 0.05) is 11.5 Å². The van der Waals surface area contributed by atoms with Gasteiger partial charge in [0.15, 0.2) is 0 Å². The minimum Gasteiger partial charge on any atom is -0.462 e. The molecule has 0 spiro atoms. The smallest absolute Gasteiger partial charge is 0.338 e. The number of aromatic nitrogens is 2. The van der Waals surface area contributed by atoms with Gasteiger partial charge in [0.2, 0.25) is 0 Å². The molecule has 2 aromatic rings. The van der Waals surface area contributed by atoms with Crippen LogP contribution in [-0.4, -0.2) is 22.4 Å². The summed E-state index contributed by atoms with van der Waals surface area (Å²) >= 11 is 5.82. The van der Waals surface area contributed by atoms with Gasteiger partial charge in [0.05, 0.1) is 24.1 Å². The van der Waals surface area contributed by atoms with Crippen LogP contribution in [0.1, 0.15) is 23.2 Å². The van der Waals surface area contributed by atoms with E-state index in [0.29, 0.717) is 24.9 Å². The zero-order valence-electron chi connectivity index (χ0n) is 12.6. The Balaban J connectivity index is 1.81. The lowest BCUT2D eigenvalue weighted by Gasteiger charge is -2.07. The van der Waals surface area contributed by atoms with Gasteiger partial charge in [-0.1, -0.05) is 34.9 Å². The quantitative estimate of drug-likeness (QED) is 0.251. The van der Waals surface area contributed by atoms with Crippen molar-refractivity contribution >= 4 is 23.3 Å². The van der Waals surface area contributed by atoms with Gasteiger partial charge in [-0.2, -0.15) is 5.10 Å². The number of benzene rings is 1. The summed E-state index contributed by atoms with van der Waals surface area (Å²) in [5, 5.41) is 7.00. The van der Waals surface area contributed by atoms with Gasteiger partial charge in [0.1, 0.15) is 5.02 Å². The number of unbranched alkanes of at least 4 members (excludes halogenated alkanes) is 1. The van der Waals surface area contributed by atoms with Gasteiger partial charge in [-0.3, -0.25) is 4.79 Å². The lowest BCUT2D eigenvalue weighted by molar-refractivity contribution is 0.0497. The second-order valence-electron chi connectivity index (χ2n) is 4.77. The van der Waals surface area contributed by atoms with E-state index in [9.17, 15) is 9.59 Å². The molecule has 0 N–H and O–H groups in total. The summed E-state index contributed by atoms with van der Waals surface area (Å²) in [6.07, 6.45) is 2.38. The summed E-state index contributed by atoms with van der Waals surface area (Å²) in [5.41, 5.74) is 8.32. The third-order valence-electron chi connectivity index (χ3n) is 3.13. The molecule has 124 valence electrons. The maximum Gasteiger partial charge on any atom is 0.338 e. The van der Waals surface area contributed by atoms with Gasteiger partial charge in [0.25, 0.3) is 5.56 Å². The van der Waals surface area contributed by atoms with Crippen molar-refractivity contribution in [3.8, 4) is 0 Å². The molecule has 0 amide bonds. The number of nitrogens with zero attached hydrogens (tertiary/aromatic N) is 5. The molecular formula is C15H14ClN5O3. The van der Waals surface area contributed by atoms with E-state index in [2.05, 4.69) is 15.1 Å². The topological polar surface area (TPSA) is 110 Å². The predicted molar refractivity (Wildman–Crippen MR) is 88.3 cm³/mol. The molecule has 24 heavy (non-hydrogen) atoms. The number of azide groups is 1. The Morgan fingerprint density at radius 3 is 2.79 bits per heavy atom. The number of halogens is 1. The van der Waals surface area contributed by atoms with Crippen molar-refractivity contribution in [3.05, 3.63) is 67.9 Å². The fourth-order valence-corrected chi connectivity index (χ4v) is 2.10. The van der Waals surface area contributed by atoms with Crippen LogP contribution in [0.25, 0.3) is 10.4 Å². The molecule has 8 nitrogen and oxygen atoms in total. The average molecular weight is 348 g/mol. The van der Waals surface area contributed by atoms with Crippen molar-refractivity contribution < 1.29 is 9.53 Å². The van der Waals surface area contributed by atoms with Crippen molar-refractivity contribution in [3.63, 3.8) is 0 Å². The molecule has 0 saturated heterocycles. The zero-order chi connectivity index (χ0) is 17.4. The molecule has 0 aliphatic heterocycles. The highest BCUT2D eigenvalue weighted by Crippen LogP contribution is 2.18. The molecule has 0 saturated carbocycles. The van der Waals surface area contributed by atoms with Gasteiger partial charge in [-0.15, -0.1) is 0 Å². The molecule has 2 rings (SSSR count). The molecule has 0 fully saturated rings. The Kier molecular flexibility index (Phi) is 6.36. The van der Waals surface area contributed by atoms with Gasteiger partial charge >= 0.3 is 5.97 Å². The first-order valence-electron chi connectivity index (χ1n) is 7.16. The van der Waals surface area contributed by atoms with E-state index in [0.717, 1.165) is 0 Å². The lowest BCUT2D eigenvalue weighted by Crippen LogP contribution is -2.23. The lowest BCUT2D eigenvalue weighted by atomic mass is 10.2. The van der Waals surface area contributed by atoms with Crippen molar-refractivity contribution in [2.24, 2.45) is 5.11 Å². The maximum absolute atomic E-state index is 11.9. The first-order valence-corrected chi connectivity index (χ1v) is 7.54. The molecule has 9 heteroatoms. The zero-order valence-corrected chi connectivity index (χ0v) is 13.4. The van der Waals surface area contributed by atoms with Gasteiger partial charge in [-0.25, -0.2) is 9.48 Å². The molecule has 1 aromatic heterocycles. The highest BCUT2D eigenvalue weighted by atomic mass is 35.5. The van der Waals surface area contributed by atoms with Crippen molar-refractivity contribution in [1.29, 1.82) is 0 Å². The summed E-state index contributed by atoms with van der Waals surface area (Å²) in [5.74, 6) is -0.382. The van der Waals surface area contributed by atoms with Crippen LogP contribution in [0.5, 0.6) is 0 Å². The second-order valence-corrected chi connectivity index (χ2v) is 5.15. The minimum atomic E-state index is -0.525. The molecular weight excluding hydrogens is 334 g/mol. The standard InChI is InChI=1S/C15H14ClN5O3/c16-13-12(19-20-17)10-18-21(14(13)22)8-4-5-9-24-15(23)11-6-2-1-3-7-11/h1-3,6-7,10H,4-5,8-9H2. The van der Waals surface area contributed by atoms with Crippen LogP contribution in [0.3, 0.4) is 0 Å². The maximum atomic E-state index is 11.9. The van der Waals surface area contributed by atoms with Gasteiger partial charge in [-0.05, 0) is 30.5 Å². The third kappa shape index (κ3) is 4.58. The van der Waals surface area contributed by atoms with E-state index >= 15 is 0 Å². The molecule has 1 heterocycles. The molecule has 0 bridgehead atoms. The molecule has 1 aromatic carbocycles. The minimum absolute atomic E-state index is 0.00259. The summed E-state index contributed by atoms with van der Waals surface area (Å²) in [6.45, 7) is 0.561. The number of aryl methyl sites for hydroxylation is 1. The molecule has 0 atom stereocenters. The van der Waals surface area contributed by atoms with Crippen LogP contribution in [0.4, 0.5) is 5.69 Å². The van der Waals surface area contributed by atoms with Crippen LogP contribution in [0.15, 0.2) is 46.4 Å². The summed E-state index contributed by atoms with van der Waals surface area (Å²) < 4.78 is 6.32. The number of hydrogen-bond acceptors (Lipinski definition) is 5. The van der Waals surface area contributed by atoms with Crippen LogP contribution in [0.2, 0.25) is 5.02 Å². The molecule has 0 aliphatic carbocycles. The normalized spacial score (nSPS) is 10.0. The Labute approximate surface area is 142 Å². The van der Waals surface area contributed by atoms with Crippen LogP contribution in [0, 0.1) is 0 Å². The number of ether oxygens (including phenoxy) is 1. The summed E-state index contributed by atoms with van der Waals surface area (Å²) in [7, 11) is 0. The number of esters is 1. The van der Waals surface area contributed by atoms with Crippen molar-refractivity contribution in [2.45, 2.75) is 19.4 Å². The summed E-state index contributed by atoms with van der Waals surface area (Å²) in [6, 6.07) is 8.70. The summed E-state index contributed by atoms with van der Waals surface area (Å²) in [4.78, 5) is 26.2. The van der Waals surface area contributed by atoms with Crippen LogP contribution >= 0.6 is 11.6 Å². The first kappa shape index (κ1) is 17.5. The van der Waals surface area contributed by atoms with E-state index in [1.165, 1.54) is 10.9 Å². The Morgan fingerprint density at radius 1 is 1.33 bits per heavy atom. The third-order valence-corrected chi connectivity index (χ3v) is 3.48. The van der Waals surface area contributed by atoms with E-state index in [-0.39, 0.29) is 23.3 Å². The Bertz CT molecular complexity index is 816. The fourth-order valence-electron chi connectivity index (χ4n) is 1.92. The Hall–Kier alpha value is -2.83. The van der Waals surface area contributed by atoms with Crippen molar-refractivity contribution in [2.75, 3.05) is 6.61 Å². The fraction of sp³-hybridized carbons (Fsp3) is 0.267. The SMILES string of the molecule is [N-]=[N+]=Nc1cnn(CCCCOC(=O)c2ccccc2)c(=O)c1Cl. The van der Waals surface area contributed by atoms with E-state index in [1.807, 2.05) is 6.07 Å². The van der Waals surface area contributed by atoms with E-state index < -0.39 is 5.56 Å². The van der Waals surface area contributed by atoms with Gasteiger partial charge < -0.3 is 4.74 Å². The Morgan fingerprint density at radius 2 is 2.08 bits per heavy atom. The van der Waals surface area contributed by atoms with Crippen LogP contribution < -0.4 is 5.56 Å². The predicted octanol–water partition coefficient (Wildman–Crippen LogP) is 3.48. The second kappa shape index (κ2) is 8.71. The highest BCUT2D eigenvalue weighted by molar-refractivity contribution is 6.32. The largest absolute Gasteiger partial charge is 0.462 e. The van der Waals surface area contributed by atoms with E-state index in [4.69, 9.17) is 21.9 Å². The number of carbonyl (C=O) groups excluding carboxylic acids is 1. The van der Waals surface area contributed by atoms with Crippen LogP contribution in [-0.2, 0) is 11.3 Å². The number of carbonyl (C=O) groups is 1. The first-order chi connectivity index (χ1) is 11.6. The monoisotopic (exact) mass is 347 g/mol. The molecule has 0 unspecified atom stereocenters. The molecule has 0 aliphatic rings. The number of rotatable bonds is 7. The molecule has 0 radical (unpaired) electrons. The van der Waals surface area contributed by atoms with Crippen molar-refractivity contribution in [1.82, 2.24) is 9.78 Å².